The smallest absolute Gasteiger partial charge is 0.185 e. The highest BCUT2D eigenvalue weighted by atomic mass is 28.2. The number of rotatable bonds is 4. The fraction of sp³-hybridized carbons (Fsp3) is 0.750. The molecule has 0 radical (unpaired) electrons. The predicted octanol–water partition coefficient (Wildman–Crippen LogP) is 1.66. The van der Waals surface area contributed by atoms with Gasteiger partial charge in [0.2, 0.25) is 0 Å². The SMILES string of the molecule is C=C[SiH2]OC(C)(C)C(C)C. The Hall–Kier alpha value is -0.0831. The van der Waals surface area contributed by atoms with Crippen molar-refractivity contribution in [2.24, 2.45) is 5.92 Å². The molecule has 0 N–H and O–H groups in total. The minimum atomic E-state index is -0.461. The molecule has 0 aliphatic heterocycles. The lowest BCUT2D eigenvalue weighted by Gasteiger charge is -2.29. The molecule has 0 bridgehead atoms. The third-order valence-electron chi connectivity index (χ3n) is 1.96. The summed E-state index contributed by atoms with van der Waals surface area (Å²) in [6.07, 6.45) is 0. The minimum absolute atomic E-state index is 0.0421. The molecular formula is C8H18OSi. The van der Waals surface area contributed by atoms with Crippen molar-refractivity contribution >= 4 is 9.76 Å². The predicted molar refractivity (Wildman–Crippen MR) is 48.7 cm³/mol. The zero-order chi connectivity index (χ0) is 8.20. The van der Waals surface area contributed by atoms with Gasteiger partial charge in [0, 0.05) is 0 Å². The molecule has 1 nitrogen and oxygen atoms in total. The average molecular weight is 158 g/mol. The molecule has 0 aromatic rings. The van der Waals surface area contributed by atoms with E-state index in [1.54, 1.807) is 0 Å². The van der Waals surface area contributed by atoms with Crippen LogP contribution in [0.5, 0.6) is 0 Å². The first kappa shape index (κ1) is 9.92. The molecule has 60 valence electrons. The van der Waals surface area contributed by atoms with E-state index in [2.05, 4.69) is 34.3 Å². The molecule has 10 heavy (non-hydrogen) atoms. The van der Waals surface area contributed by atoms with Crippen molar-refractivity contribution in [1.82, 2.24) is 0 Å². The summed E-state index contributed by atoms with van der Waals surface area (Å²) < 4.78 is 5.66. The standard InChI is InChI=1S/C8H18OSi/c1-6-10-9-8(4,5)7(2)3/h6-7H,1,10H2,2-5H3. The lowest BCUT2D eigenvalue weighted by atomic mass is 9.95. The van der Waals surface area contributed by atoms with Crippen LogP contribution in [0.2, 0.25) is 0 Å². The summed E-state index contributed by atoms with van der Waals surface area (Å²) in [5.74, 6) is 0.583. The van der Waals surface area contributed by atoms with Crippen molar-refractivity contribution in [3.05, 3.63) is 12.3 Å². The highest BCUT2D eigenvalue weighted by Crippen LogP contribution is 2.19. The summed E-state index contributed by atoms with van der Waals surface area (Å²) >= 11 is 0. The van der Waals surface area contributed by atoms with E-state index in [1.807, 2.05) is 5.70 Å². The van der Waals surface area contributed by atoms with E-state index in [0.29, 0.717) is 5.92 Å². The Morgan fingerprint density at radius 3 is 2.30 bits per heavy atom. The lowest BCUT2D eigenvalue weighted by molar-refractivity contribution is 0.0665. The van der Waals surface area contributed by atoms with Gasteiger partial charge in [-0.05, 0) is 19.8 Å². The molecule has 0 fully saturated rings. The summed E-state index contributed by atoms with van der Waals surface area (Å²) in [5, 5.41) is 0. The summed E-state index contributed by atoms with van der Waals surface area (Å²) in [4.78, 5) is 0. The Morgan fingerprint density at radius 2 is 2.00 bits per heavy atom. The minimum Gasteiger partial charge on any atom is -0.414 e. The molecule has 0 rings (SSSR count). The van der Waals surface area contributed by atoms with Crippen molar-refractivity contribution in [2.75, 3.05) is 0 Å². The molecule has 0 aliphatic rings. The van der Waals surface area contributed by atoms with E-state index >= 15 is 0 Å². The summed E-state index contributed by atoms with van der Waals surface area (Å²) in [7, 11) is -0.461. The van der Waals surface area contributed by atoms with Crippen LogP contribution >= 0.6 is 0 Å². The van der Waals surface area contributed by atoms with Gasteiger partial charge in [0.25, 0.3) is 0 Å². The molecule has 2 heteroatoms. The van der Waals surface area contributed by atoms with Gasteiger partial charge in [0.05, 0.1) is 5.60 Å². The number of hydrogen-bond donors (Lipinski definition) is 0. The molecular weight excluding hydrogens is 140 g/mol. The Morgan fingerprint density at radius 1 is 1.50 bits per heavy atom. The van der Waals surface area contributed by atoms with E-state index in [9.17, 15) is 0 Å². The first-order valence-electron chi connectivity index (χ1n) is 3.75. The zero-order valence-electron chi connectivity index (χ0n) is 7.48. The molecule has 0 unspecified atom stereocenters. The molecule has 0 spiro atoms. The van der Waals surface area contributed by atoms with Gasteiger partial charge < -0.3 is 4.43 Å². The normalized spacial score (nSPS) is 13.3. The maximum Gasteiger partial charge on any atom is 0.185 e. The fourth-order valence-electron chi connectivity index (χ4n) is 0.440. The summed E-state index contributed by atoms with van der Waals surface area (Å²) in [6, 6.07) is 0. The monoisotopic (exact) mass is 158 g/mol. The van der Waals surface area contributed by atoms with Gasteiger partial charge in [-0.2, -0.15) is 0 Å². The lowest BCUT2D eigenvalue weighted by Crippen LogP contribution is -2.32. The molecule has 0 aromatic heterocycles. The molecule has 0 aromatic carbocycles. The van der Waals surface area contributed by atoms with Crippen molar-refractivity contribution in [2.45, 2.75) is 33.3 Å². The quantitative estimate of drug-likeness (QED) is 0.565. The van der Waals surface area contributed by atoms with E-state index in [-0.39, 0.29) is 5.60 Å². The summed E-state index contributed by atoms with van der Waals surface area (Å²) in [5.41, 5.74) is 1.96. The van der Waals surface area contributed by atoms with Gasteiger partial charge in [-0.15, -0.1) is 6.58 Å². The highest BCUT2D eigenvalue weighted by molar-refractivity contribution is 6.34. The van der Waals surface area contributed by atoms with Crippen molar-refractivity contribution in [3.8, 4) is 0 Å². The third kappa shape index (κ3) is 3.18. The average Bonchev–Trinajstić information content (AvgIpc) is 1.84. The Labute approximate surface area is 66.4 Å². The third-order valence-corrected chi connectivity index (χ3v) is 3.11. The maximum atomic E-state index is 5.66. The first-order valence-corrected chi connectivity index (χ1v) is 5.15. The van der Waals surface area contributed by atoms with Crippen molar-refractivity contribution in [3.63, 3.8) is 0 Å². The van der Waals surface area contributed by atoms with Crippen LogP contribution in [-0.2, 0) is 4.43 Å². The van der Waals surface area contributed by atoms with Crippen LogP contribution < -0.4 is 0 Å². The van der Waals surface area contributed by atoms with Gasteiger partial charge in [0.15, 0.2) is 9.76 Å². The van der Waals surface area contributed by atoms with Crippen molar-refractivity contribution in [1.29, 1.82) is 0 Å². The molecule has 0 amide bonds. The van der Waals surface area contributed by atoms with Gasteiger partial charge in [-0.3, -0.25) is 0 Å². The van der Waals surface area contributed by atoms with Gasteiger partial charge in [-0.25, -0.2) is 0 Å². The second kappa shape index (κ2) is 3.94. The zero-order valence-corrected chi connectivity index (χ0v) is 8.89. The van der Waals surface area contributed by atoms with E-state index < -0.39 is 9.76 Å². The van der Waals surface area contributed by atoms with Crippen LogP contribution in [0.15, 0.2) is 12.3 Å². The van der Waals surface area contributed by atoms with E-state index in [0.717, 1.165) is 0 Å². The molecule has 0 aliphatic carbocycles. The fourth-order valence-corrected chi connectivity index (χ4v) is 1.32. The topological polar surface area (TPSA) is 9.23 Å². The Balaban J connectivity index is 3.74. The Kier molecular flexibility index (Phi) is 3.90. The number of hydrogen-bond acceptors (Lipinski definition) is 1. The van der Waals surface area contributed by atoms with Gasteiger partial charge in [-0.1, -0.05) is 19.5 Å². The molecule has 0 saturated heterocycles. The van der Waals surface area contributed by atoms with Crippen molar-refractivity contribution < 1.29 is 4.43 Å². The first-order chi connectivity index (χ1) is 4.50. The second-order valence-corrected chi connectivity index (χ2v) is 4.56. The summed E-state index contributed by atoms with van der Waals surface area (Å²) in [6.45, 7) is 12.3. The molecule has 0 atom stereocenters. The largest absolute Gasteiger partial charge is 0.414 e. The second-order valence-electron chi connectivity index (χ2n) is 3.36. The van der Waals surface area contributed by atoms with Crippen LogP contribution in [0.25, 0.3) is 0 Å². The molecule has 0 saturated carbocycles. The van der Waals surface area contributed by atoms with E-state index in [4.69, 9.17) is 4.43 Å². The maximum absolute atomic E-state index is 5.66. The Bertz CT molecular complexity index is 108. The molecule has 0 heterocycles. The van der Waals surface area contributed by atoms with Crippen LogP contribution in [0, 0.1) is 5.92 Å². The van der Waals surface area contributed by atoms with Crippen LogP contribution in [-0.4, -0.2) is 15.4 Å². The van der Waals surface area contributed by atoms with Crippen LogP contribution in [0.1, 0.15) is 27.7 Å². The van der Waals surface area contributed by atoms with Gasteiger partial charge in [0.1, 0.15) is 0 Å². The van der Waals surface area contributed by atoms with Crippen LogP contribution in [0.4, 0.5) is 0 Å². The van der Waals surface area contributed by atoms with Crippen LogP contribution in [0.3, 0.4) is 0 Å². The van der Waals surface area contributed by atoms with Gasteiger partial charge >= 0.3 is 0 Å². The highest BCUT2D eigenvalue weighted by Gasteiger charge is 2.21. The van der Waals surface area contributed by atoms with E-state index in [1.165, 1.54) is 0 Å².